The number of esters is 1. The molecule has 166 valence electrons. The smallest absolute Gasteiger partial charge is 0.326 e. The maximum Gasteiger partial charge on any atom is 0.326 e. The van der Waals surface area contributed by atoms with E-state index in [-0.39, 0.29) is 24.8 Å². The maximum atomic E-state index is 13.0. The minimum atomic E-state index is -0.449. The van der Waals surface area contributed by atoms with E-state index in [1.807, 2.05) is 53.1 Å². The Balaban J connectivity index is 1.74. The zero-order chi connectivity index (χ0) is 22.8. The van der Waals surface area contributed by atoms with E-state index in [1.54, 1.807) is 25.1 Å². The number of nitrogens with zero attached hydrogens (tertiary/aromatic N) is 4. The molecule has 32 heavy (non-hydrogen) atoms. The molecule has 1 aromatic heterocycles. The number of ether oxygens (including phenoxy) is 1. The molecule has 0 saturated carbocycles. The quantitative estimate of drug-likeness (QED) is 0.252. The number of anilines is 1. The van der Waals surface area contributed by atoms with Gasteiger partial charge >= 0.3 is 5.97 Å². The van der Waals surface area contributed by atoms with Crippen LogP contribution in [0.25, 0.3) is 0 Å². The van der Waals surface area contributed by atoms with Crippen LogP contribution in [0.2, 0.25) is 0 Å². The van der Waals surface area contributed by atoms with Crippen molar-refractivity contribution >= 4 is 29.3 Å². The van der Waals surface area contributed by atoms with Gasteiger partial charge in [0, 0.05) is 18.7 Å². The molecule has 0 unspecified atom stereocenters. The first kappa shape index (κ1) is 23.3. The lowest BCUT2D eigenvalue weighted by molar-refractivity contribution is -0.142. The number of hydrogen-bond donors (Lipinski definition) is 0. The van der Waals surface area contributed by atoms with Crippen molar-refractivity contribution in [3.8, 4) is 0 Å². The highest BCUT2D eigenvalue weighted by Crippen LogP contribution is 2.21. The zero-order valence-corrected chi connectivity index (χ0v) is 18.8. The molecule has 0 atom stereocenters. The lowest BCUT2D eigenvalue weighted by Gasteiger charge is -2.21. The normalized spacial score (nSPS) is 10.5. The van der Waals surface area contributed by atoms with Crippen molar-refractivity contribution < 1.29 is 14.3 Å². The van der Waals surface area contributed by atoms with E-state index in [4.69, 9.17) is 4.74 Å². The fourth-order valence-electron chi connectivity index (χ4n) is 3.12. The second-order valence-electron chi connectivity index (χ2n) is 6.87. The second-order valence-corrected chi connectivity index (χ2v) is 7.81. The minimum absolute atomic E-state index is 0.106. The molecule has 3 rings (SSSR count). The van der Waals surface area contributed by atoms with Gasteiger partial charge in [0.25, 0.3) is 0 Å². The highest BCUT2D eigenvalue weighted by Gasteiger charge is 2.21. The van der Waals surface area contributed by atoms with Crippen molar-refractivity contribution in [2.24, 2.45) is 0 Å². The molecule has 0 bridgehead atoms. The standard InChI is InChI=1S/C24H26N4O3S/c1-3-15-27-21(16-19-11-7-5-8-12-19)25-26-24(27)32-18-22(29)28(17-23(30)31-4-2)20-13-9-6-10-14-20/h3,5-14H,1,4,15-18H2,2H3. The first-order chi connectivity index (χ1) is 15.6. The van der Waals surface area contributed by atoms with Gasteiger partial charge in [-0.3, -0.25) is 9.59 Å². The fourth-order valence-corrected chi connectivity index (χ4v) is 3.96. The van der Waals surface area contributed by atoms with Gasteiger partial charge in [-0.15, -0.1) is 16.8 Å². The number of thioether (sulfide) groups is 1. The molecule has 0 spiro atoms. The highest BCUT2D eigenvalue weighted by atomic mass is 32.2. The Morgan fingerprint density at radius 1 is 1.09 bits per heavy atom. The Bertz CT molecular complexity index is 1040. The van der Waals surface area contributed by atoms with Gasteiger partial charge in [0.15, 0.2) is 5.16 Å². The van der Waals surface area contributed by atoms with Crippen LogP contribution in [0.5, 0.6) is 0 Å². The van der Waals surface area contributed by atoms with Gasteiger partial charge in [0.05, 0.1) is 12.4 Å². The third kappa shape index (κ3) is 6.31. The van der Waals surface area contributed by atoms with E-state index in [2.05, 4.69) is 16.8 Å². The van der Waals surface area contributed by atoms with E-state index in [0.29, 0.717) is 23.8 Å². The molecule has 3 aromatic rings. The van der Waals surface area contributed by atoms with Gasteiger partial charge in [-0.1, -0.05) is 66.4 Å². The van der Waals surface area contributed by atoms with Gasteiger partial charge in [0.1, 0.15) is 12.4 Å². The SMILES string of the molecule is C=CCn1c(Cc2ccccc2)nnc1SCC(=O)N(CC(=O)OCC)c1ccccc1. The van der Waals surface area contributed by atoms with Crippen LogP contribution >= 0.6 is 11.8 Å². The Morgan fingerprint density at radius 3 is 2.44 bits per heavy atom. The molecule has 0 saturated heterocycles. The van der Waals surface area contributed by atoms with Crippen LogP contribution in [0.15, 0.2) is 78.5 Å². The van der Waals surface area contributed by atoms with Crippen LogP contribution < -0.4 is 4.90 Å². The molecule has 2 aromatic carbocycles. The number of carbonyl (C=O) groups is 2. The average Bonchev–Trinajstić information content (AvgIpc) is 3.18. The summed E-state index contributed by atoms with van der Waals surface area (Å²) in [5, 5.41) is 9.25. The van der Waals surface area contributed by atoms with Gasteiger partial charge in [-0.25, -0.2) is 0 Å². The van der Waals surface area contributed by atoms with Crippen molar-refractivity contribution in [3.63, 3.8) is 0 Å². The molecule has 0 aliphatic heterocycles. The molecular weight excluding hydrogens is 424 g/mol. The number of carbonyl (C=O) groups excluding carboxylic acids is 2. The Hall–Kier alpha value is -3.39. The first-order valence-corrected chi connectivity index (χ1v) is 11.3. The lowest BCUT2D eigenvalue weighted by Crippen LogP contribution is -2.37. The molecule has 0 fully saturated rings. The summed E-state index contributed by atoms with van der Waals surface area (Å²) in [6.07, 6.45) is 2.41. The van der Waals surface area contributed by atoms with Crippen molar-refractivity contribution in [2.45, 2.75) is 25.0 Å². The van der Waals surface area contributed by atoms with Crippen molar-refractivity contribution in [3.05, 3.63) is 84.7 Å². The highest BCUT2D eigenvalue weighted by molar-refractivity contribution is 7.99. The summed E-state index contributed by atoms with van der Waals surface area (Å²) in [6, 6.07) is 19.1. The summed E-state index contributed by atoms with van der Waals surface area (Å²) in [7, 11) is 0. The molecule has 0 aliphatic rings. The van der Waals surface area contributed by atoms with Gasteiger partial charge in [-0.2, -0.15) is 0 Å². The third-order valence-corrected chi connectivity index (χ3v) is 5.55. The molecule has 7 nitrogen and oxygen atoms in total. The monoisotopic (exact) mass is 450 g/mol. The Labute approximate surface area is 192 Å². The van der Waals surface area contributed by atoms with Crippen molar-refractivity contribution in [1.29, 1.82) is 0 Å². The summed E-state index contributed by atoms with van der Waals surface area (Å²) in [5.74, 6) is 0.244. The van der Waals surface area contributed by atoms with Gasteiger partial charge in [-0.05, 0) is 24.6 Å². The predicted octanol–water partition coefficient (Wildman–Crippen LogP) is 3.74. The fraction of sp³-hybridized carbons (Fsp3) is 0.250. The number of amides is 1. The summed E-state index contributed by atoms with van der Waals surface area (Å²) in [4.78, 5) is 26.5. The number of rotatable bonds is 11. The van der Waals surface area contributed by atoms with E-state index >= 15 is 0 Å². The molecule has 0 aliphatic carbocycles. The van der Waals surface area contributed by atoms with Gasteiger partial charge in [0.2, 0.25) is 5.91 Å². The minimum Gasteiger partial charge on any atom is -0.465 e. The van der Waals surface area contributed by atoms with Crippen molar-refractivity contribution in [1.82, 2.24) is 14.8 Å². The molecule has 0 N–H and O–H groups in total. The van der Waals surface area contributed by atoms with Crippen LogP contribution in [0.1, 0.15) is 18.3 Å². The van der Waals surface area contributed by atoms with Crippen LogP contribution in [0, 0.1) is 0 Å². The summed E-state index contributed by atoms with van der Waals surface area (Å²) in [5.41, 5.74) is 1.77. The molecule has 1 amide bonds. The van der Waals surface area contributed by atoms with E-state index < -0.39 is 5.97 Å². The maximum absolute atomic E-state index is 13.0. The Kier molecular flexibility index (Phi) is 8.62. The number of hydrogen-bond acceptors (Lipinski definition) is 6. The number of aromatic nitrogens is 3. The lowest BCUT2D eigenvalue weighted by atomic mass is 10.1. The summed E-state index contributed by atoms with van der Waals surface area (Å²) >= 11 is 1.29. The molecule has 0 radical (unpaired) electrons. The van der Waals surface area contributed by atoms with Crippen molar-refractivity contribution in [2.75, 3.05) is 23.8 Å². The van der Waals surface area contributed by atoms with E-state index in [9.17, 15) is 9.59 Å². The average molecular weight is 451 g/mol. The predicted molar refractivity (Wildman–Crippen MR) is 126 cm³/mol. The molecular formula is C24H26N4O3S. The van der Waals surface area contributed by atoms with Crippen LogP contribution in [-0.4, -0.2) is 45.5 Å². The van der Waals surface area contributed by atoms with Crippen LogP contribution in [0.4, 0.5) is 5.69 Å². The van der Waals surface area contributed by atoms with Gasteiger partial charge < -0.3 is 14.2 Å². The second kappa shape index (κ2) is 11.9. The number of allylic oxidation sites excluding steroid dienone is 1. The van der Waals surface area contributed by atoms with E-state index in [1.165, 1.54) is 16.7 Å². The summed E-state index contributed by atoms with van der Waals surface area (Å²) < 4.78 is 7.00. The molecule has 1 heterocycles. The topological polar surface area (TPSA) is 77.3 Å². The first-order valence-electron chi connectivity index (χ1n) is 10.3. The third-order valence-electron chi connectivity index (χ3n) is 4.60. The van der Waals surface area contributed by atoms with Crippen LogP contribution in [-0.2, 0) is 27.3 Å². The largest absolute Gasteiger partial charge is 0.465 e. The number of para-hydroxylation sites is 1. The van der Waals surface area contributed by atoms with Crippen LogP contribution in [0.3, 0.4) is 0 Å². The summed E-state index contributed by atoms with van der Waals surface area (Å²) in [6.45, 7) is 6.22. The molecule has 8 heteroatoms. The van der Waals surface area contributed by atoms with E-state index in [0.717, 1.165) is 11.4 Å². The Morgan fingerprint density at radius 2 is 1.78 bits per heavy atom. The zero-order valence-electron chi connectivity index (χ0n) is 18.0. The number of benzene rings is 2.